The van der Waals surface area contributed by atoms with Gasteiger partial charge in [-0.15, -0.1) is 0 Å². The molecule has 0 atom stereocenters. The van der Waals surface area contributed by atoms with Crippen molar-refractivity contribution in [2.24, 2.45) is 4.99 Å². The minimum absolute atomic E-state index is 0.205. The highest BCUT2D eigenvalue weighted by Gasteiger charge is 2.57. The standard InChI is InChI=1S/C15H18N3O2/c1-14(2)15(3,4)18(20)13(17(14)19)12-9-10-7-5-6-8-11(10)16-12/h5-9,19H,1-4H3. The highest BCUT2D eigenvalue weighted by atomic mass is 16.6. The molecule has 0 unspecified atom stereocenters. The molecular formula is C15H18N3O2. The molecule has 0 bridgehead atoms. The van der Waals surface area contributed by atoms with Crippen LogP contribution in [0.2, 0.25) is 0 Å². The lowest BCUT2D eigenvalue weighted by Crippen LogP contribution is -2.52. The van der Waals surface area contributed by atoms with E-state index in [1.165, 1.54) is 0 Å². The smallest absolute Gasteiger partial charge is 0.183 e. The molecule has 1 N–H and O–H groups in total. The van der Waals surface area contributed by atoms with Crippen LogP contribution < -0.4 is 10.6 Å². The van der Waals surface area contributed by atoms with Gasteiger partial charge in [-0.1, -0.05) is 23.4 Å². The number of para-hydroxylation sites is 1. The first-order chi connectivity index (χ1) is 9.26. The van der Waals surface area contributed by atoms with E-state index in [-0.39, 0.29) is 5.82 Å². The van der Waals surface area contributed by atoms with Crippen LogP contribution in [0.3, 0.4) is 0 Å². The summed E-state index contributed by atoms with van der Waals surface area (Å²) in [6.45, 7) is 7.32. The van der Waals surface area contributed by atoms with Gasteiger partial charge in [0.1, 0.15) is 5.70 Å². The SMILES string of the molecule is CC1(C)N([O])C(=C2C=c3ccccc3=N2)N(O)C1(C)C. The number of hydrogen-bond acceptors (Lipinski definition) is 4. The Kier molecular flexibility index (Phi) is 2.52. The van der Waals surface area contributed by atoms with Crippen molar-refractivity contribution in [3.63, 3.8) is 0 Å². The maximum atomic E-state index is 12.6. The first kappa shape index (κ1) is 13.1. The number of nitrogens with zero attached hydrogens (tertiary/aromatic N) is 3. The van der Waals surface area contributed by atoms with Gasteiger partial charge in [-0.25, -0.2) is 10.1 Å². The van der Waals surface area contributed by atoms with Crippen molar-refractivity contribution in [1.82, 2.24) is 10.1 Å². The van der Waals surface area contributed by atoms with Gasteiger partial charge in [0.05, 0.1) is 16.4 Å². The number of hydroxylamine groups is 4. The predicted octanol–water partition coefficient (Wildman–Crippen LogP) is 1.18. The van der Waals surface area contributed by atoms with Gasteiger partial charge >= 0.3 is 0 Å². The van der Waals surface area contributed by atoms with E-state index >= 15 is 0 Å². The molecule has 0 aromatic heterocycles. The van der Waals surface area contributed by atoms with Gasteiger partial charge in [0.25, 0.3) is 0 Å². The Labute approximate surface area is 117 Å². The maximum absolute atomic E-state index is 12.6. The summed E-state index contributed by atoms with van der Waals surface area (Å²) >= 11 is 0. The summed E-state index contributed by atoms with van der Waals surface area (Å²) in [5.74, 6) is 0.205. The number of hydrogen-bond donors (Lipinski definition) is 1. The highest BCUT2D eigenvalue weighted by molar-refractivity contribution is 5.52. The molecule has 1 saturated heterocycles. The van der Waals surface area contributed by atoms with E-state index in [1.807, 2.05) is 58.0 Å². The molecule has 2 aliphatic heterocycles. The van der Waals surface area contributed by atoms with Gasteiger partial charge in [-0.05, 0) is 39.8 Å². The third kappa shape index (κ3) is 1.47. The van der Waals surface area contributed by atoms with E-state index in [1.54, 1.807) is 0 Å². The van der Waals surface area contributed by atoms with Crippen LogP contribution in [0.25, 0.3) is 6.08 Å². The van der Waals surface area contributed by atoms with Crippen LogP contribution in [0.15, 0.2) is 40.8 Å². The van der Waals surface area contributed by atoms with Gasteiger partial charge in [0.15, 0.2) is 5.82 Å². The Bertz CT molecular complexity index is 660. The van der Waals surface area contributed by atoms with Gasteiger partial charge < -0.3 is 0 Å². The average molecular weight is 272 g/mol. The Morgan fingerprint density at radius 3 is 2.30 bits per heavy atom. The van der Waals surface area contributed by atoms with Crippen molar-refractivity contribution in [1.29, 1.82) is 0 Å². The van der Waals surface area contributed by atoms with Crippen LogP contribution in [-0.4, -0.2) is 26.4 Å². The lowest BCUT2D eigenvalue weighted by atomic mass is 9.84. The molecule has 0 saturated carbocycles. The fourth-order valence-electron chi connectivity index (χ4n) is 2.47. The van der Waals surface area contributed by atoms with Crippen LogP contribution in [0.4, 0.5) is 0 Å². The van der Waals surface area contributed by atoms with Crippen molar-refractivity contribution in [2.45, 2.75) is 38.8 Å². The van der Waals surface area contributed by atoms with E-state index in [2.05, 4.69) is 4.99 Å². The van der Waals surface area contributed by atoms with Gasteiger partial charge in [-0.3, -0.25) is 5.21 Å². The number of fused-ring (bicyclic) bond motifs is 1. The van der Waals surface area contributed by atoms with E-state index in [9.17, 15) is 10.4 Å². The molecule has 5 heteroatoms. The van der Waals surface area contributed by atoms with E-state index in [0.29, 0.717) is 5.70 Å². The third-order valence-electron chi connectivity index (χ3n) is 4.63. The Morgan fingerprint density at radius 2 is 1.75 bits per heavy atom. The number of rotatable bonds is 0. The third-order valence-corrected chi connectivity index (χ3v) is 4.63. The first-order valence-corrected chi connectivity index (χ1v) is 6.63. The molecule has 1 aromatic carbocycles. The summed E-state index contributed by atoms with van der Waals surface area (Å²) in [4.78, 5) is 4.45. The number of allylic oxidation sites excluding steroid dienone is 1. The van der Waals surface area contributed by atoms with Gasteiger partial charge in [-0.2, -0.15) is 5.06 Å². The highest BCUT2D eigenvalue weighted by Crippen LogP contribution is 2.44. The topological polar surface area (TPSA) is 59.0 Å². The van der Waals surface area contributed by atoms with Crippen LogP contribution in [0, 0.1) is 0 Å². The summed E-state index contributed by atoms with van der Waals surface area (Å²) in [7, 11) is 0. The van der Waals surface area contributed by atoms with Crippen molar-refractivity contribution in [2.75, 3.05) is 0 Å². The van der Waals surface area contributed by atoms with Crippen molar-refractivity contribution >= 4 is 6.08 Å². The van der Waals surface area contributed by atoms with Crippen LogP contribution in [-0.2, 0) is 5.21 Å². The Balaban J connectivity index is 2.22. The molecule has 2 aliphatic rings. The summed E-state index contributed by atoms with van der Waals surface area (Å²) in [5, 5.41) is 26.7. The second-order valence-corrected chi connectivity index (χ2v) is 6.25. The number of benzene rings is 1. The molecule has 5 nitrogen and oxygen atoms in total. The fourth-order valence-corrected chi connectivity index (χ4v) is 2.47. The van der Waals surface area contributed by atoms with Gasteiger partial charge in [0.2, 0.25) is 0 Å². The molecule has 1 aromatic rings. The normalized spacial score (nSPS) is 26.3. The second-order valence-electron chi connectivity index (χ2n) is 6.25. The zero-order chi connectivity index (χ0) is 14.7. The maximum Gasteiger partial charge on any atom is 0.183 e. The van der Waals surface area contributed by atoms with Crippen LogP contribution in [0.5, 0.6) is 0 Å². The molecule has 20 heavy (non-hydrogen) atoms. The Hall–Kier alpha value is -1.85. The van der Waals surface area contributed by atoms with E-state index < -0.39 is 11.1 Å². The van der Waals surface area contributed by atoms with Crippen LogP contribution in [0.1, 0.15) is 27.7 Å². The average Bonchev–Trinajstić information content (AvgIpc) is 2.85. The van der Waals surface area contributed by atoms with Crippen LogP contribution >= 0.6 is 0 Å². The molecule has 0 amide bonds. The van der Waals surface area contributed by atoms with E-state index in [0.717, 1.165) is 20.7 Å². The van der Waals surface area contributed by atoms with Crippen molar-refractivity contribution < 1.29 is 10.4 Å². The minimum atomic E-state index is -0.748. The first-order valence-electron chi connectivity index (χ1n) is 6.63. The summed E-state index contributed by atoms with van der Waals surface area (Å²) in [5.41, 5.74) is -0.945. The zero-order valence-corrected chi connectivity index (χ0v) is 12.1. The molecule has 0 spiro atoms. The second kappa shape index (κ2) is 3.84. The largest absolute Gasteiger partial charge is 0.286 e. The molecule has 0 aliphatic carbocycles. The molecule has 1 fully saturated rings. The lowest BCUT2D eigenvalue weighted by molar-refractivity contribution is -0.181. The molecule has 3 rings (SSSR count). The van der Waals surface area contributed by atoms with Crippen molar-refractivity contribution in [3.05, 3.63) is 46.4 Å². The quantitative estimate of drug-likeness (QED) is 0.771. The summed E-state index contributed by atoms with van der Waals surface area (Å²) in [6, 6.07) is 7.65. The molecular weight excluding hydrogens is 254 g/mol. The lowest BCUT2D eigenvalue weighted by Gasteiger charge is -2.36. The molecule has 105 valence electrons. The fraction of sp³-hybridized carbons (Fsp3) is 0.400. The Morgan fingerprint density at radius 1 is 1.10 bits per heavy atom. The van der Waals surface area contributed by atoms with Gasteiger partial charge in [0, 0.05) is 5.22 Å². The zero-order valence-electron chi connectivity index (χ0n) is 12.1. The monoisotopic (exact) mass is 272 g/mol. The van der Waals surface area contributed by atoms with E-state index in [4.69, 9.17) is 0 Å². The predicted molar refractivity (Wildman–Crippen MR) is 73.0 cm³/mol. The summed E-state index contributed by atoms with van der Waals surface area (Å²) in [6.07, 6.45) is 1.83. The molecule has 2 heterocycles. The minimum Gasteiger partial charge on any atom is -0.286 e. The van der Waals surface area contributed by atoms with Crippen molar-refractivity contribution in [3.8, 4) is 0 Å². The molecule has 1 radical (unpaired) electrons. The summed E-state index contributed by atoms with van der Waals surface area (Å²) < 4.78 is 0.